The van der Waals surface area contributed by atoms with Crippen LogP contribution in [0.3, 0.4) is 0 Å². The lowest BCUT2D eigenvalue weighted by Gasteiger charge is -2.32. The molecule has 1 saturated heterocycles. The second-order valence-electron chi connectivity index (χ2n) is 5.67. The lowest BCUT2D eigenvalue weighted by atomic mass is 9.75. The molecule has 94 valence electrons. The minimum Gasteiger partial charge on any atom is -0.399 e. The van der Waals surface area contributed by atoms with Gasteiger partial charge in [-0.05, 0) is 38.7 Å². The van der Waals surface area contributed by atoms with Crippen LogP contribution in [0.4, 0.5) is 0 Å². The zero-order chi connectivity index (χ0) is 13.4. The molecule has 1 aromatic rings. The van der Waals surface area contributed by atoms with Crippen molar-refractivity contribution in [2.45, 2.75) is 45.3 Å². The predicted molar refractivity (Wildman–Crippen MR) is 74.7 cm³/mol. The van der Waals surface area contributed by atoms with E-state index in [-0.39, 0.29) is 18.3 Å². The van der Waals surface area contributed by atoms with Gasteiger partial charge in [0.05, 0.1) is 11.2 Å². The Morgan fingerprint density at radius 1 is 1.11 bits per heavy atom. The van der Waals surface area contributed by atoms with Crippen LogP contribution in [0, 0.1) is 12.3 Å². The van der Waals surface area contributed by atoms with Gasteiger partial charge in [0.15, 0.2) is 0 Å². The van der Waals surface area contributed by atoms with Crippen LogP contribution < -0.4 is 5.46 Å². The number of rotatable bonds is 2. The number of hydrogen-bond donors (Lipinski definition) is 0. The second-order valence-corrected chi connectivity index (χ2v) is 5.67. The van der Waals surface area contributed by atoms with E-state index < -0.39 is 0 Å². The normalized spacial score (nSPS) is 20.7. The average molecular weight is 242 g/mol. The maximum Gasteiger partial charge on any atom is 0.495 e. The first-order chi connectivity index (χ1) is 8.37. The van der Waals surface area contributed by atoms with Gasteiger partial charge in [-0.2, -0.15) is 0 Å². The highest BCUT2D eigenvalue weighted by Gasteiger charge is 2.52. The molecular weight excluding hydrogens is 223 g/mol. The summed E-state index contributed by atoms with van der Waals surface area (Å²) in [5.74, 6) is 2.68. The summed E-state index contributed by atoms with van der Waals surface area (Å²) in [6, 6.07) is 8.02. The summed E-state index contributed by atoms with van der Waals surface area (Å²) in [7, 11) is -0.334. The van der Waals surface area contributed by atoms with Crippen molar-refractivity contribution < 1.29 is 9.31 Å². The lowest BCUT2D eigenvalue weighted by molar-refractivity contribution is 0.00578. The van der Waals surface area contributed by atoms with Crippen molar-refractivity contribution in [1.29, 1.82) is 0 Å². The lowest BCUT2D eigenvalue weighted by Crippen LogP contribution is -2.41. The Bertz CT molecular complexity index is 470. The summed E-state index contributed by atoms with van der Waals surface area (Å²) < 4.78 is 12.1. The third-order valence-corrected chi connectivity index (χ3v) is 3.85. The van der Waals surface area contributed by atoms with Crippen LogP contribution in [0.5, 0.6) is 0 Å². The molecule has 0 unspecified atom stereocenters. The molecule has 0 aromatic heterocycles. The quantitative estimate of drug-likeness (QED) is 0.584. The van der Waals surface area contributed by atoms with E-state index in [1.165, 1.54) is 0 Å². The number of benzene rings is 1. The van der Waals surface area contributed by atoms with Crippen molar-refractivity contribution in [2.24, 2.45) is 0 Å². The zero-order valence-corrected chi connectivity index (χ0v) is 11.5. The fourth-order valence-electron chi connectivity index (χ4n) is 2.01. The Hall–Kier alpha value is -1.24. The van der Waals surface area contributed by atoms with E-state index >= 15 is 0 Å². The molecule has 0 bridgehead atoms. The molecule has 1 fully saturated rings. The highest BCUT2D eigenvalue weighted by molar-refractivity contribution is 6.62. The van der Waals surface area contributed by atoms with Gasteiger partial charge < -0.3 is 9.31 Å². The second kappa shape index (κ2) is 4.46. The molecule has 3 heteroatoms. The van der Waals surface area contributed by atoms with Gasteiger partial charge in [0.2, 0.25) is 0 Å². The van der Waals surface area contributed by atoms with E-state index in [0.29, 0.717) is 6.42 Å². The molecule has 0 saturated carbocycles. The van der Waals surface area contributed by atoms with Crippen molar-refractivity contribution in [3.8, 4) is 12.3 Å². The van der Waals surface area contributed by atoms with Crippen molar-refractivity contribution in [3.05, 3.63) is 29.8 Å². The van der Waals surface area contributed by atoms with Gasteiger partial charge >= 0.3 is 7.12 Å². The molecule has 1 aliphatic heterocycles. The van der Waals surface area contributed by atoms with Crippen LogP contribution in [0.1, 0.15) is 33.3 Å². The smallest absolute Gasteiger partial charge is 0.399 e. The zero-order valence-electron chi connectivity index (χ0n) is 11.5. The third-order valence-electron chi connectivity index (χ3n) is 3.85. The molecule has 0 atom stereocenters. The fourth-order valence-corrected chi connectivity index (χ4v) is 2.01. The summed E-state index contributed by atoms with van der Waals surface area (Å²) in [5.41, 5.74) is 1.49. The van der Waals surface area contributed by atoms with E-state index in [9.17, 15) is 0 Å². The standard InChI is InChI=1S/C15H19BO2/c1-6-9-12-10-7-8-11-13(12)16-17-14(2,3)15(4,5)18-16/h1,7-8,10-11H,9H2,2-5H3. The molecule has 1 aromatic carbocycles. The van der Waals surface area contributed by atoms with Gasteiger partial charge in [0.25, 0.3) is 0 Å². The Labute approximate surface area is 110 Å². The SMILES string of the molecule is C#CCc1ccccc1B1OC(C)(C)C(C)(C)O1. The largest absolute Gasteiger partial charge is 0.495 e. The molecule has 1 heterocycles. The molecule has 2 rings (SSSR count). The Balaban J connectivity index is 2.33. The van der Waals surface area contributed by atoms with Crippen molar-refractivity contribution in [1.82, 2.24) is 0 Å². The van der Waals surface area contributed by atoms with E-state index in [0.717, 1.165) is 11.0 Å². The first-order valence-corrected chi connectivity index (χ1v) is 6.24. The van der Waals surface area contributed by atoms with Gasteiger partial charge in [-0.1, -0.05) is 24.3 Å². The third kappa shape index (κ3) is 2.19. The van der Waals surface area contributed by atoms with Crippen LogP contribution in [0.2, 0.25) is 0 Å². The minimum atomic E-state index is -0.334. The van der Waals surface area contributed by atoms with Crippen molar-refractivity contribution >= 4 is 12.6 Å². The Kier molecular flexibility index (Phi) is 3.27. The molecule has 0 N–H and O–H groups in total. The molecule has 2 nitrogen and oxygen atoms in total. The minimum absolute atomic E-state index is 0.319. The maximum absolute atomic E-state index is 6.05. The monoisotopic (exact) mass is 242 g/mol. The first-order valence-electron chi connectivity index (χ1n) is 6.24. The molecule has 0 radical (unpaired) electrons. The first kappa shape index (κ1) is 13.2. The Morgan fingerprint density at radius 3 is 2.22 bits per heavy atom. The molecule has 0 aliphatic carbocycles. The van der Waals surface area contributed by atoms with Gasteiger partial charge in [-0.25, -0.2) is 0 Å². The van der Waals surface area contributed by atoms with Crippen molar-refractivity contribution in [2.75, 3.05) is 0 Å². The van der Waals surface area contributed by atoms with Crippen LogP contribution in [0.15, 0.2) is 24.3 Å². The topological polar surface area (TPSA) is 18.5 Å². The fraction of sp³-hybridized carbons (Fsp3) is 0.467. The molecule has 18 heavy (non-hydrogen) atoms. The van der Waals surface area contributed by atoms with E-state index in [4.69, 9.17) is 15.7 Å². The summed E-state index contributed by atoms with van der Waals surface area (Å²) in [4.78, 5) is 0. The van der Waals surface area contributed by atoms with Gasteiger partial charge in [0, 0.05) is 6.42 Å². The summed E-state index contributed by atoms with van der Waals surface area (Å²) in [6.07, 6.45) is 6.00. The van der Waals surface area contributed by atoms with Gasteiger partial charge in [0.1, 0.15) is 0 Å². The van der Waals surface area contributed by atoms with E-state index in [1.54, 1.807) is 0 Å². The highest BCUT2D eigenvalue weighted by atomic mass is 16.7. The summed E-state index contributed by atoms with van der Waals surface area (Å²) in [5, 5.41) is 0. The van der Waals surface area contributed by atoms with Crippen LogP contribution in [-0.2, 0) is 15.7 Å². The van der Waals surface area contributed by atoms with Crippen LogP contribution in [0.25, 0.3) is 0 Å². The Morgan fingerprint density at radius 2 is 1.67 bits per heavy atom. The average Bonchev–Trinajstić information content (AvgIpc) is 2.49. The molecule has 0 amide bonds. The van der Waals surface area contributed by atoms with Crippen LogP contribution in [-0.4, -0.2) is 18.3 Å². The summed E-state index contributed by atoms with van der Waals surface area (Å²) >= 11 is 0. The highest BCUT2D eigenvalue weighted by Crippen LogP contribution is 2.36. The van der Waals surface area contributed by atoms with Crippen molar-refractivity contribution in [3.63, 3.8) is 0 Å². The van der Waals surface area contributed by atoms with E-state index in [1.807, 2.05) is 24.3 Å². The maximum atomic E-state index is 6.05. The molecule has 1 aliphatic rings. The van der Waals surface area contributed by atoms with Gasteiger partial charge in [-0.15, -0.1) is 12.3 Å². The van der Waals surface area contributed by atoms with Gasteiger partial charge in [-0.3, -0.25) is 0 Å². The van der Waals surface area contributed by atoms with Crippen LogP contribution >= 0.6 is 0 Å². The molecule has 0 spiro atoms. The number of terminal acetylenes is 1. The predicted octanol–water partition coefficient (Wildman–Crippen LogP) is 2.16. The number of hydrogen-bond acceptors (Lipinski definition) is 2. The van der Waals surface area contributed by atoms with E-state index in [2.05, 4.69) is 33.6 Å². The molecular formula is C15H19BO2. The summed E-state index contributed by atoms with van der Waals surface area (Å²) in [6.45, 7) is 8.21.